The van der Waals surface area contributed by atoms with Gasteiger partial charge in [-0.3, -0.25) is 9.59 Å². The number of rotatable bonds is 5. The number of carbonyl (C=O) groups is 3. The summed E-state index contributed by atoms with van der Waals surface area (Å²) in [6.45, 7) is 13.4. The Labute approximate surface area is 234 Å². The number of benzene rings is 1. The molecule has 0 saturated heterocycles. The van der Waals surface area contributed by atoms with Crippen LogP contribution in [0.25, 0.3) is 0 Å². The maximum absolute atomic E-state index is 13.5. The van der Waals surface area contributed by atoms with E-state index in [4.69, 9.17) is 14.2 Å². The number of aliphatic hydroxyl groups is 3. The van der Waals surface area contributed by atoms with Gasteiger partial charge in [0.15, 0.2) is 12.2 Å². The van der Waals surface area contributed by atoms with Crippen LogP contribution in [0.15, 0.2) is 53.6 Å². The maximum atomic E-state index is 13.5. The zero-order valence-corrected chi connectivity index (χ0v) is 23.9. The molecule has 9 atom stereocenters. The molecule has 0 bridgehead atoms. The third-order valence-electron chi connectivity index (χ3n) is 9.17. The highest BCUT2D eigenvalue weighted by Crippen LogP contribution is 2.60. The first-order valence-electron chi connectivity index (χ1n) is 13.7. The number of hydrogen-bond acceptors (Lipinski definition) is 9. The summed E-state index contributed by atoms with van der Waals surface area (Å²) in [5, 5.41) is 33.6. The molecule has 2 saturated carbocycles. The van der Waals surface area contributed by atoms with Crippen molar-refractivity contribution < 1.29 is 43.9 Å². The molecule has 4 rings (SSSR count). The van der Waals surface area contributed by atoms with Crippen LogP contribution in [0.1, 0.15) is 64.7 Å². The molecule has 1 unspecified atom stereocenters. The third kappa shape index (κ3) is 5.10. The molecule has 3 aliphatic rings. The Morgan fingerprint density at radius 3 is 2.15 bits per heavy atom. The minimum Gasteiger partial charge on any atom is -0.462 e. The van der Waals surface area contributed by atoms with Crippen LogP contribution in [0.2, 0.25) is 0 Å². The lowest BCUT2D eigenvalue weighted by atomic mass is 9.58. The van der Waals surface area contributed by atoms with Crippen LogP contribution >= 0.6 is 0 Å². The van der Waals surface area contributed by atoms with Crippen molar-refractivity contribution in [2.24, 2.45) is 23.2 Å². The van der Waals surface area contributed by atoms with E-state index in [1.54, 1.807) is 58.0 Å². The molecule has 218 valence electrons. The zero-order chi connectivity index (χ0) is 29.7. The highest BCUT2D eigenvalue weighted by molar-refractivity contribution is 5.89. The summed E-state index contributed by atoms with van der Waals surface area (Å²) in [6.07, 6.45) is -5.04. The Morgan fingerprint density at radius 1 is 1.00 bits per heavy atom. The maximum Gasteiger partial charge on any atom is 0.338 e. The van der Waals surface area contributed by atoms with Crippen LogP contribution in [-0.4, -0.2) is 69.3 Å². The smallest absolute Gasteiger partial charge is 0.338 e. The Kier molecular flexibility index (Phi) is 8.06. The van der Waals surface area contributed by atoms with E-state index < -0.39 is 77.2 Å². The van der Waals surface area contributed by atoms with Gasteiger partial charge in [-0.25, -0.2) is 4.79 Å². The molecule has 0 radical (unpaired) electrons. The van der Waals surface area contributed by atoms with Crippen LogP contribution in [-0.2, 0) is 23.8 Å². The van der Waals surface area contributed by atoms with Gasteiger partial charge in [0.25, 0.3) is 0 Å². The molecule has 3 N–H and O–H groups in total. The van der Waals surface area contributed by atoms with Gasteiger partial charge in [-0.2, -0.15) is 0 Å². The Morgan fingerprint density at radius 2 is 1.60 bits per heavy atom. The summed E-state index contributed by atoms with van der Waals surface area (Å²) < 4.78 is 18.0. The first-order valence-corrected chi connectivity index (χ1v) is 13.7. The van der Waals surface area contributed by atoms with Crippen LogP contribution in [0.5, 0.6) is 0 Å². The van der Waals surface area contributed by atoms with Crippen LogP contribution in [0.3, 0.4) is 0 Å². The van der Waals surface area contributed by atoms with E-state index in [1.807, 2.05) is 0 Å². The van der Waals surface area contributed by atoms with Gasteiger partial charge in [0.05, 0.1) is 28.8 Å². The van der Waals surface area contributed by atoms with Gasteiger partial charge in [-0.1, -0.05) is 31.7 Å². The minimum absolute atomic E-state index is 0.0166. The Hall–Kier alpha value is -3.01. The number of fused-ring (bicyclic) bond motifs is 2. The molecular formula is C31H40O9. The fourth-order valence-electron chi connectivity index (χ4n) is 7.35. The quantitative estimate of drug-likeness (QED) is 0.284. The minimum atomic E-state index is -1.34. The molecule has 0 heterocycles. The number of esters is 3. The van der Waals surface area contributed by atoms with Crippen molar-refractivity contribution in [1.29, 1.82) is 0 Å². The van der Waals surface area contributed by atoms with Gasteiger partial charge >= 0.3 is 17.9 Å². The summed E-state index contributed by atoms with van der Waals surface area (Å²) in [7, 11) is 0. The van der Waals surface area contributed by atoms with E-state index in [0.29, 0.717) is 16.7 Å². The Balaban J connectivity index is 1.98. The van der Waals surface area contributed by atoms with Crippen molar-refractivity contribution in [2.75, 3.05) is 0 Å². The van der Waals surface area contributed by atoms with Crippen molar-refractivity contribution in [1.82, 2.24) is 0 Å². The molecule has 2 fully saturated rings. The number of hydrogen-bond donors (Lipinski definition) is 3. The van der Waals surface area contributed by atoms with Crippen molar-refractivity contribution in [3.63, 3.8) is 0 Å². The van der Waals surface area contributed by atoms with E-state index in [-0.39, 0.29) is 18.4 Å². The fourth-order valence-corrected chi connectivity index (χ4v) is 7.35. The van der Waals surface area contributed by atoms with Gasteiger partial charge in [-0.15, -0.1) is 0 Å². The predicted octanol–water partition coefficient (Wildman–Crippen LogP) is 3.12. The van der Waals surface area contributed by atoms with E-state index >= 15 is 0 Å². The Bertz CT molecular complexity index is 1210. The average Bonchev–Trinajstić information content (AvgIpc) is 3.06. The monoisotopic (exact) mass is 556 g/mol. The largest absolute Gasteiger partial charge is 0.462 e. The van der Waals surface area contributed by atoms with Gasteiger partial charge in [-0.05, 0) is 67.9 Å². The second-order valence-electron chi connectivity index (χ2n) is 12.2. The van der Waals surface area contributed by atoms with Gasteiger partial charge in [0, 0.05) is 26.2 Å². The molecule has 0 aliphatic heterocycles. The molecule has 40 heavy (non-hydrogen) atoms. The highest BCUT2D eigenvalue weighted by Gasteiger charge is 2.65. The van der Waals surface area contributed by atoms with Crippen molar-refractivity contribution in [3.8, 4) is 0 Å². The number of carbonyl (C=O) groups excluding carboxylic acids is 3. The SMILES string of the molecule is C=C1[C@@H](O)C[C@H](OC(C)=O)[C@]2(C)[C@H]1CC1C(=C(C)[C@@H](O)[C@@H]1C(C)(C)O)[C@@H](OC(=O)c1ccccc1)[C@@H]2OC(C)=O. The van der Waals surface area contributed by atoms with E-state index in [1.165, 1.54) is 13.8 Å². The lowest BCUT2D eigenvalue weighted by Gasteiger charge is -2.52. The standard InChI is InChI=1S/C31H40O9/c1-15-21-13-20-24(16(2)26(35)25(20)30(5,6)37)27(40-29(36)19-11-9-8-10-12-19)28(39-18(4)33)31(21,7)23(14-22(15)34)38-17(3)32/h8-12,20-23,25-28,34-35,37H,1,13-14H2,2-7H3/t20?,21-,22-,23-,25+,26+,27+,28-,31-/m0/s1. The van der Waals surface area contributed by atoms with Crippen molar-refractivity contribution >= 4 is 17.9 Å². The number of ether oxygens (including phenoxy) is 3. The molecule has 3 aliphatic carbocycles. The van der Waals surface area contributed by atoms with Crippen LogP contribution in [0, 0.1) is 23.2 Å². The molecular weight excluding hydrogens is 516 g/mol. The lowest BCUT2D eigenvalue weighted by Crippen LogP contribution is -2.60. The molecule has 0 aromatic heterocycles. The van der Waals surface area contributed by atoms with Crippen molar-refractivity contribution in [2.45, 2.75) is 90.5 Å². The predicted molar refractivity (Wildman–Crippen MR) is 145 cm³/mol. The van der Waals surface area contributed by atoms with Crippen LogP contribution < -0.4 is 0 Å². The third-order valence-corrected chi connectivity index (χ3v) is 9.17. The fraction of sp³-hybridized carbons (Fsp3) is 0.581. The molecule has 1 aromatic rings. The van der Waals surface area contributed by atoms with Crippen molar-refractivity contribution in [3.05, 3.63) is 59.2 Å². The topological polar surface area (TPSA) is 140 Å². The summed E-state index contributed by atoms with van der Waals surface area (Å²) in [4.78, 5) is 38.4. The molecule has 0 amide bonds. The van der Waals surface area contributed by atoms with Gasteiger partial charge in [0.1, 0.15) is 6.10 Å². The molecule has 9 heteroatoms. The van der Waals surface area contributed by atoms with E-state index in [2.05, 4.69) is 6.58 Å². The second kappa shape index (κ2) is 10.8. The average molecular weight is 557 g/mol. The van der Waals surface area contributed by atoms with Crippen LogP contribution in [0.4, 0.5) is 0 Å². The van der Waals surface area contributed by atoms with E-state index in [9.17, 15) is 29.7 Å². The summed E-state index contributed by atoms with van der Waals surface area (Å²) >= 11 is 0. The van der Waals surface area contributed by atoms with Gasteiger partial charge in [0.2, 0.25) is 0 Å². The molecule has 1 aromatic carbocycles. The zero-order valence-electron chi connectivity index (χ0n) is 23.9. The molecule has 9 nitrogen and oxygen atoms in total. The summed E-state index contributed by atoms with van der Waals surface area (Å²) in [6, 6.07) is 8.37. The second-order valence-corrected chi connectivity index (χ2v) is 12.2. The lowest BCUT2D eigenvalue weighted by molar-refractivity contribution is -0.195. The molecule has 0 spiro atoms. The highest BCUT2D eigenvalue weighted by atomic mass is 16.6. The number of aliphatic hydroxyl groups excluding tert-OH is 2. The normalized spacial score (nSPS) is 35.8. The first-order chi connectivity index (χ1) is 18.6. The van der Waals surface area contributed by atoms with Gasteiger partial charge < -0.3 is 29.5 Å². The summed E-state index contributed by atoms with van der Waals surface area (Å²) in [5.74, 6) is -3.70. The van der Waals surface area contributed by atoms with E-state index in [0.717, 1.165) is 0 Å². The summed E-state index contributed by atoms with van der Waals surface area (Å²) in [5.41, 5.74) is -0.717. The first kappa shape index (κ1) is 30.0.